The van der Waals surface area contributed by atoms with Gasteiger partial charge in [-0.1, -0.05) is 65.2 Å². The molecule has 0 rings (SSSR count). The molecule has 1 unspecified atom stereocenters. The Bertz CT molecular complexity index is 275. The Hall–Kier alpha value is -0.130. The predicted molar refractivity (Wildman–Crippen MR) is 73.9 cm³/mol. The van der Waals surface area contributed by atoms with Crippen molar-refractivity contribution < 1.29 is 17.2 Å². The van der Waals surface area contributed by atoms with Crippen LogP contribution in [0.2, 0.25) is 0 Å². The predicted octanol–water partition coefficient (Wildman–Crippen LogP) is 3.97. The lowest BCUT2D eigenvalue weighted by Crippen LogP contribution is -2.09. The second kappa shape index (κ2) is 10.8. The van der Waals surface area contributed by atoms with E-state index in [1.807, 2.05) is 0 Å². The van der Waals surface area contributed by atoms with E-state index < -0.39 is 10.4 Å². The molecule has 0 amide bonds. The first-order chi connectivity index (χ1) is 8.49. The molecule has 0 heterocycles. The average molecular weight is 280 g/mol. The summed E-state index contributed by atoms with van der Waals surface area (Å²) in [4.78, 5) is 0. The van der Waals surface area contributed by atoms with Gasteiger partial charge in [0.15, 0.2) is 0 Å². The Labute approximate surface area is 112 Å². The van der Waals surface area contributed by atoms with E-state index in [4.69, 9.17) is 4.55 Å². The van der Waals surface area contributed by atoms with Crippen LogP contribution in [0.25, 0.3) is 0 Å². The molecule has 0 aliphatic carbocycles. The van der Waals surface area contributed by atoms with Crippen LogP contribution in [0.5, 0.6) is 0 Å². The van der Waals surface area contributed by atoms with Crippen LogP contribution in [-0.2, 0) is 14.6 Å². The first-order valence-corrected chi connectivity index (χ1v) is 8.48. The van der Waals surface area contributed by atoms with Gasteiger partial charge < -0.3 is 0 Å². The lowest BCUT2D eigenvalue weighted by atomic mass is 9.95. The second-order valence-electron chi connectivity index (χ2n) is 4.87. The molecule has 1 atom stereocenters. The van der Waals surface area contributed by atoms with Crippen LogP contribution in [0.3, 0.4) is 0 Å². The molecule has 0 spiro atoms. The van der Waals surface area contributed by atoms with Gasteiger partial charge in [-0.2, -0.15) is 8.42 Å². The molecule has 5 heteroatoms. The number of rotatable bonds is 12. The zero-order chi connectivity index (χ0) is 13.9. The summed E-state index contributed by atoms with van der Waals surface area (Å²) >= 11 is 0. The van der Waals surface area contributed by atoms with Gasteiger partial charge in [0.25, 0.3) is 0 Å². The smallest absolute Gasteiger partial charge is 0.264 e. The maximum atomic E-state index is 10.4. The van der Waals surface area contributed by atoms with E-state index >= 15 is 0 Å². The van der Waals surface area contributed by atoms with Crippen LogP contribution in [0.4, 0.5) is 0 Å². The third kappa shape index (κ3) is 12.3. The highest BCUT2D eigenvalue weighted by atomic mass is 32.3. The molecule has 0 bridgehead atoms. The largest absolute Gasteiger partial charge is 0.397 e. The van der Waals surface area contributed by atoms with Gasteiger partial charge in [-0.15, -0.1) is 0 Å². The highest BCUT2D eigenvalue weighted by molar-refractivity contribution is 7.80. The summed E-state index contributed by atoms with van der Waals surface area (Å²) in [5, 5.41) is 0. The Kier molecular flexibility index (Phi) is 10.7. The topological polar surface area (TPSA) is 63.6 Å². The third-order valence-electron chi connectivity index (χ3n) is 3.30. The van der Waals surface area contributed by atoms with Gasteiger partial charge in [0.05, 0.1) is 6.61 Å². The standard InChI is InChI=1S/C13H28O4S/c1-3-5-6-7-8-9-10-13(4-2)11-12-17-18(14,15)16/h13H,3-12H2,1-2H3,(H,14,15,16). The number of hydrogen-bond donors (Lipinski definition) is 1. The van der Waals surface area contributed by atoms with Crippen molar-refractivity contribution in [3.05, 3.63) is 0 Å². The van der Waals surface area contributed by atoms with E-state index in [0.29, 0.717) is 12.3 Å². The van der Waals surface area contributed by atoms with E-state index in [1.165, 1.54) is 38.5 Å². The lowest BCUT2D eigenvalue weighted by Gasteiger charge is -2.13. The summed E-state index contributed by atoms with van der Waals surface area (Å²) in [5.41, 5.74) is 0. The van der Waals surface area contributed by atoms with Crippen molar-refractivity contribution in [2.45, 2.75) is 71.6 Å². The van der Waals surface area contributed by atoms with Crippen LogP contribution >= 0.6 is 0 Å². The van der Waals surface area contributed by atoms with Gasteiger partial charge in [-0.05, 0) is 12.3 Å². The fourth-order valence-corrected chi connectivity index (χ4v) is 2.39. The van der Waals surface area contributed by atoms with Crippen molar-refractivity contribution in [2.75, 3.05) is 6.61 Å². The molecule has 0 saturated carbocycles. The fourth-order valence-electron chi connectivity index (χ4n) is 2.09. The summed E-state index contributed by atoms with van der Waals surface area (Å²) in [5.74, 6) is 0.498. The molecule has 0 radical (unpaired) electrons. The summed E-state index contributed by atoms with van der Waals surface area (Å²) in [6.45, 7) is 4.41. The van der Waals surface area contributed by atoms with Crippen molar-refractivity contribution in [1.82, 2.24) is 0 Å². The first kappa shape index (κ1) is 17.9. The lowest BCUT2D eigenvalue weighted by molar-refractivity contribution is 0.238. The molecule has 110 valence electrons. The SMILES string of the molecule is CCCCCCCCC(CC)CCOS(=O)(=O)O. The second-order valence-corrected chi connectivity index (χ2v) is 5.96. The average Bonchev–Trinajstić information content (AvgIpc) is 2.29. The molecular formula is C13H28O4S. The van der Waals surface area contributed by atoms with Crippen LogP contribution in [-0.4, -0.2) is 19.6 Å². The summed E-state index contributed by atoms with van der Waals surface area (Å²) in [6.07, 6.45) is 10.5. The molecule has 0 saturated heterocycles. The molecule has 0 aromatic heterocycles. The minimum atomic E-state index is -4.26. The Balaban J connectivity index is 3.52. The summed E-state index contributed by atoms with van der Waals surface area (Å²) < 4.78 is 33.6. The van der Waals surface area contributed by atoms with E-state index in [9.17, 15) is 8.42 Å². The van der Waals surface area contributed by atoms with Gasteiger partial charge in [0, 0.05) is 0 Å². The van der Waals surface area contributed by atoms with Gasteiger partial charge in [-0.25, -0.2) is 4.18 Å². The molecule has 18 heavy (non-hydrogen) atoms. The van der Waals surface area contributed by atoms with Gasteiger partial charge in [0.1, 0.15) is 0 Å². The van der Waals surface area contributed by atoms with Crippen molar-refractivity contribution in [3.63, 3.8) is 0 Å². The van der Waals surface area contributed by atoms with Crippen molar-refractivity contribution >= 4 is 10.4 Å². The van der Waals surface area contributed by atoms with Crippen molar-refractivity contribution in [2.24, 2.45) is 5.92 Å². The zero-order valence-corrected chi connectivity index (χ0v) is 12.5. The van der Waals surface area contributed by atoms with Crippen LogP contribution in [0.1, 0.15) is 71.6 Å². The molecular weight excluding hydrogens is 252 g/mol. The van der Waals surface area contributed by atoms with Crippen molar-refractivity contribution in [1.29, 1.82) is 0 Å². The molecule has 0 aliphatic rings. The Morgan fingerprint density at radius 1 is 1.00 bits per heavy atom. The molecule has 4 nitrogen and oxygen atoms in total. The summed E-state index contributed by atoms with van der Waals surface area (Å²) in [7, 11) is -4.26. The minimum absolute atomic E-state index is 0.0905. The first-order valence-electron chi connectivity index (χ1n) is 7.11. The third-order valence-corrected chi connectivity index (χ3v) is 3.77. The van der Waals surface area contributed by atoms with E-state index in [1.54, 1.807) is 0 Å². The fraction of sp³-hybridized carbons (Fsp3) is 1.00. The summed E-state index contributed by atoms with van der Waals surface area (Å²) in [6, 6.07) is 0. The molecule has 1 N–H and O–H groups in total. The number of hydrogen-bond acceptors (Lipinski definition) is 3. The number of unbranched alkanes of at least 4 members (excludes halogenated alkanes) is 5. The maximum Gasteiger partial charge on any atom is 0.397 e. The molecule has 0 aromatic carbocycles. The Morgan fingerprint density at radius 3 is 2.17 bits per heavy atom. The maximum absolute atomic E-state index is 10.4. The van der Waals surface area contributed by atoms with Crippen molar-refractivity contribution in [3.8, 4) is 0 Å². The van der Waals surface area contributed by atoms with Gasteiger partial charge in [-0.3, -0.25) is 4.55 Å². The monoisotopic (exact) mass is 280 g/mol. The van der Waals surface area contributed by atoms with Crippen LogP contribution < -0.4 is 0 Å². The van der Waals surface area contributed by atoms with E-state index in [2.05, 4.69) is 18.0 Å². The van der Waals surface area contributed by atoms with Gasteiger partial charge in [0.2, 0.25) is 0 Å². The van der Waals surface area contributed by atoms with Crippen LogP contribution in [0, 0.1) is 5.92 Å². The van der Waals surface area contributed by atoms with E-state index in [-0.39, 0.29) is 6.61 Å². The molecule has 0 fully saturated rings. The normalized spacial score (nSPS) is 13.7. The van der Waals surface area contributed by atoms with E-state index in [0.717, 1.165) is 12.8 Å². The molecule has 0 aromatic rings. The quantitative estimate of drug-likeness (QED) is 0.434. The highest BCUT2D eigenvalue weighted by Gasteiger charge is 2.09. The Morgan fingerprint density at radius 2 is 1.61 bits per heavy atom. The highest BCUT2D eigenvalue weighted by Crippen LogP contribution is 2.18. The zero-order valence-electron chi connectivity index (χ0n) is 11.7. The minimum Gasteiger partial charge on any atom is -0.264 e. The van der Waals surface area contributed by atoms with Crippen LogP contribution in [0.15, 0.2) is 0 Å². The molecule has 0 aliphatic heterocycles. The van der Waals surface area contributed by atoms with Gasteiger partial charge >= 0.3 is 10.4 Å².